The van der Waals surface area contributed by atoms with Gasteiger partial charge in [0, 0.05) is 20.0 Å². The summed E-state index contributed by atoms with van der Waals surface area (Å²) in [5, 5.41) is 2.80. The first-order valence-electron chi connectivity index (χ1n) is 7.46. The molecule has 0 spiro atoms. The smallest absolute Gasteiger partial charge is 0.228 e. The van der Waals surface area contributed by atoms with Gasteiger partial charge in [-0.1, -0.05) is 27.7 Å². The van der Waals surface area contributed by atoms with Gasteiger partial charge in [-0.3, -0.25) is 4.79 Å². The van der Waals surface area contributed by atoms with Crippen molar-refractivity contribution in [3.8, 4) is 0 Å². The molecule has 1 aliphatic rings. The fraction of sp³-hybridized carbons (Fsp3) is 0.235. The second-order valence-electron chi connectivity index (χ2n) is 5.67. The van der Waals surface area contributed by atoms with Crippen LogP contribution in [0.25, 0.3) is 0 Å². The minimum Gasteiger partial charge on any atom is -0.326 e. The molecule has 0 radical (unpaired) electrons. The zero-order valence-electron chi connectivity index (χ0n) is 12.7. The van der Waals surface area contributed by atoms with Gasteiger partial charge < -0.3 is 5.32 Å². The van der Waals surface area contributed by atoms with E-state index in [0.717, 1.165) is 14.3 Å². The van der Waals surface area contributed by atoms with E-state index in [1.165, 1.54) is 0 Å². The molecule has 2 aromatic rings. The van der Waals surface area contributed by atoms with Crippen molar-refractivity contribution in [2.24, 2.45) is 5.92 Å². The van der Waals surface area contributed by atoms with Crippen LogP contribution in [-0.2, 0) is 14.6 Å². The molecule has 0 unspecified atom stereocenters. The predicted molar refractivity (Wildman–Crippen MR) is 100 cm³/mol. The van der Waals surface area contributed by atoms with Crippen LogP contribution in [0.2, 0.25) is 0 Å². The maximum absolute atomic E-state index is 12.1. The van der Waals surface area contributed by atoms with E-state index in [1.807, 2.05) is 48.5 Å². The van der Waals surface area contributed by atoms with Crippen molar-refractivity contribution in [3.63, 3.8) is 0 Å². The third-order valence-corrected chi connectivity index (χ3v) is 7.09. The second kappa shape index (κ2) is 7.29. The summed E-state index contributed by atoms with van der Waals surface area (Å²) in [6, 6.07) is 15.6. The molecule has 0 aromatic heterocycles. The summed E-state index contributed by atoms with van der Waals surface area (Å²) in [5.74, 6) is -0.597. The average molecular weight is 426 g/mol. The fourth-order valence-electron chi connectivity index (χ4n) is 2.49. The van der Waals surface area contributed by atoms with Crippen LogP contribution in [0.1, 0.15) is 6.42 Å². The van der Waals surface area contributed by atoms with Gasteiger partial charge in [-0.25, -0.2) is 8.42 Å². The van der Waals surface area contributed by atoms with Gasteiger partial charge in [0.2, 0.25) is 5.91 Å². The minimum absolute atomic E-state index is 0.0453. The van der Waals surface area contributed by atoms with Crippen LogP contribution in [0.4, 0.5) is 5.69 Å². The van der Waals surface area contributed by atoms with Crippen molar-refractivity contribution < 1.29 is 13.2 Å². The molecule has 1 amide bonds. The molecule has 24 heavy (non-hydrogen) atoms. The number of halogens is 1. The first kappa shape index (κ1) is 17.5. The Kier molecular flexibility index (Phi) is 5.32. The Morgan fingerprint density at radius 1 is 1.04 bits per heavy atom. The highest BCUT2D eigenvalue weighted by Gasteiger charge is 2.32. The van der Waals surface area contributed by atoms with Crippen molar-refractivity contribution in [2.75, 3.05) is 16.8 Å². The van der Waals surface area contributed by atoms with E-state index in [9.17, 15) is 13.2 Å². The molecular weight excluding hydrogens is 410 g/mol. The van der Waals surface area contributed by atoms with E-state index < -0.39 is 15.8 Å². The standard InChI is InChI=1S/C17H16BrNO3S2/c18-13-1-5-15(6-2-13)23-16-7-3-14(4-8-16)19-17(20)12-9-10-24(21,22)11-12/h1-8,12H,9-11H2,(H,19,20)/t12-/m0/s1. The Balaban J connectivity index is 1.60. The lowest BCUT2D eigenvalue weighted by atomic mass is 10.1. The van der Waals surface area contributed by atoms with Gasteiger partial charge in [0.05, 0.1) is 17.4 Å². The Bertz CT molecular complexity index is 833. The van der Waals surface area contributed by atoms with Crippen LogP contribution in [0.15, 0.2) is 62.8 Å². The number of carbonyl (C=O) groups excluding carboxylic acids is 1. The predicted octanol–water partition coefficient (Wildman–Crippen LogP) is 3.97. The minimum atomic E-state index is -3.04. The molecule has 4 nitrogen and oxygen atoms in total. The van der Waals surface area contributed by atoms with E-state index in [4.69, 9.17) is 0 Å². The third-order valence-electron chi connectivity index (χ3n) is 3.77. The Morgan fingerprint density at radius 3 is 2.17 bits per heavy atom. The fourth-order valence-corrected chi connectivity index (χ4v) is 5.31. The molecule has 1 N–H and O–H groups in total. The molecular formula is C17H16BrNO3S2. The molecule has 126 valence electrons. The van der Waals surface area contributed by atoms with E-state index in [1.54, 1.807) is 11.8 Å². The molecule has 7 heteroatoms. The Hall–Kier alpha value is -1.31. The lowest BCUT2D eigenvalue weighted by Crippen LogP contribution is -2.23. The quantitative estimate of drug-likeness (QED) is 0.804. The number of nitrogens with one attached hydrogen (secondary N) is 1. The molecule has 3 rings (SSSR count). The van der Waals surface area contributed by atoms with Gasteiger partial charge >= 0.3 is 0 Å². The maximum Gasteiger partial charge on any atom is 0.228 e. The SMILES string of the molecule is O=C(Nc1ccc(Sc2ccc(Br)cc2)cc1)[C@H]1CCS(=O)(=O)C1. The van der Waals surface area contributed by atoms with E-state index >= 15 is 0 Å². The third kappa shape index (κ3) is 4.62. The van der Waals surface area contributed by atoms with Crippen LogP contribution in [0, 0.1) is 5.92 Å². The number of anilines is 1. The Morgan fingerprint density at radius 2 is 1.62 bits per heavy atom. The molecule has 2 aromatic carbocycles. The van der Waals surface area contributed by atoms with Crippen molar-refractivity contribution in [1.82, 2.24) is 0 Å². The zero-order chi connectivity index (χ0) is 17.2. The number of amides is 1. The molecule has 1 saturated heterocycles. The molecule has 1 aliphatic heterocycles. The summed E-state index contributed by atoms with van der Waals surface area (Å²) < 4.78 is 23.9. The van der Waals surface area contributed by atoms with Crippen molar-refractivity contribution in [3.05, 3.63) is 53.0 Å². The maximum atomic E-state index is 12.1. The van der Waals surface area contributed by atoms with Gasteiger partial charge in [0.1, 0.15) is 0 Å². The molecule has 0 bridgehead atoms. The molecule has 1 atom stereocenters. The highest BCUT2D eigenvalue weighted by molar-refractivity contribution is 9.10. The number of sulfone groups is 1. The molecule has 0 aliphatic carbocycles. The van der Waals surface area contributed by atoms with E-state index in [0.29, 0.717) is 12.1 Å². The first-order valence-corrected chi connectivity index (χ1v) is 10.9. The topological polar surface area (TPSA) is 63.2 Å². The lowest BCUT2D eigenvalue weighted by molar-refractivity contribution is -0.119. The van der Waals surface area contributed by atoms with Crippen LogP contribution in [0.3, 0.4) is 0 Å². The monoisotopic (exact) mass is 425 g/mol. The largest absolute Gasteiger partial charge is 0.326 e. The highest BCUT2D eigenvalue weighted by atomic mass is 79.9. The lowest BCUT2D eigenvalue weighted by Gasteiger charge is -2.10. The second-order valence-corrected chi connectivity index (χ2v) is 9.96. The van der Waals surface area contributed by atoms with Gasteiger partial charge in [0.15, 0.2) is 9.84 Å². The summed E-state index contributed by atoms with van der Waals surface area (Å²) in [6.07, 6.45) is 0.408. The summed E-state index contributed by atoms with van der Waals surface area (Å²) in [5.41, 5.74) is 0.685. The van der Waals surface area contributed by atoms with Crippen LogP contribution < -0.4 is 5.32 Å². The number of hydrogen-bond acceptors (Lipinski definition) is 4. The average Bonchev–Trinajstić information content (AvgIpc) is 2.92. The Labute approximate surface area is 154 Å². The highest BCUT2D eigenvalue weighted by Crippen LogP contribution is 2.29. The van der Waals surface area contributed by atoms with Gasteiger partial charge in [-0.05, 0) is 55.0 Å². The summed E-state index contributed by atoms with van der Waals surface area (Å²) in [7, 11) is -3.04. The zero-order valence-corrected chi connectivity index (χ0v) is 16.0. The molecule has 0 saturated carbocycles. The van der Waals surface area contributed by atoms with Crippen molar-refractivity contribution >= 4 is 49.1 Å². The van der Waals surface area contributed by atoms with Crippen LogP contribution >= 0.6 is 27.7 Å². The van der Waals surface area contributed by atoms with Crippen LogP contribution in [-0.4, -0.2) is 25.8 Å². The normalized spacial score (nSPS) is 19.1. The van der Waals surface area contributed by atoms with Gasteiger partial charge in [0.25, 0.3) is 0 Å². The van der Waals surface area contributed by atoms with Gasteiger partial charge in [-0.15, -0.1) is 0 Å². The van der Waals surface area contributed by atoms with Crippen molar-refractivity contribution in [2.45, 2.75) is 16.2 Å². The molecule has 1 heterocycles. The van der Waals surface area contributed by atoms with E-state index in [2.05, 4.69) is 21.2 Å². The number of carbonyl (C=O) groups is 1. The number of hydrogen-bond donors (Lipinski definition) is 1. The number of rotatable bonds is 4. The molecule has 1 fully saturated rings. The van der Waals surface area contributed by atoms with E-state index in [-0.39, 0.29) is 17.4 Å². The van der Waals surface area contributed by atoms with Gasteiger partial charge in [-0.2, -0.15) is 0 Å². The van der Waals surface area contributed by atoms with Crippen molar-refractivity contribution in [1.29, 1.82) is 0 Å². The summed E-state index contributed by atoms with van der Waals surface area (Å²) in [6.45, 7) is 0. The summed E-state index contributed by atoms with van der Waals surface area (Å²) in [4.78, 5) is 14.3. The first-order chi connectivity index (χ1) is 11.4. The number of benzene rings is 2. The van der Waals surface area contributed by atoms with Crippen LogP contribution in [0.5, 0.6) is 0 Å². The summed E-state index contributed by atoms with van der Waals surface area (Å²) >= 11 is 5.05.